The minimum atomic E-state index is -4.60. The average Bonchev–Trinajstić information content (AvgIpc) is 3.09. The van der Waals surface area contributed by atoms with E-state index in [2.05, 4.69) is 5.32 Å². The van der Waals surface area contributed by atoms with Crippen LogP contribution in [0.2, 0.25) is 0 Å². The predicted octanol–water partition coefficient (Wildman–Crippen LogP) is 3.13. The number of hydrogen-bond donors (Lipinski definition) is 1. The van der Waals surface area contributed by atoms with E-state index in [1.54, 1.807) is 0 Å². The summed E-state index contributed by atoms with van der Waals surface area (Å²) in [5.41, 5.74) is -1.29. The number of ether oxygens (including phenoxy) is 1. The van der Waals surface area contributed by atoms with E-state index in [0.29, 0.717) is 0 Å². The molecule has 0 unspecified atom stereocenters. The third kappa shape index (κ3) is 4.05. The Hall–Kier alpha value is -2.39. The average molecular weight is 384 g/mol. The van der Waals surface area contributed by atoms with E-state index in [1.165, 1.54) is 34.4 Å². The Balaban J connectivity index is 1.80. The number of benzene rings is 1. The van der Waals surface area contributed by atoms with E-state index in [0.717, 1.165) is 10.9 Å². The maximum atomic E-state index is 13.1. The minimum Gasteiger partial charge on any atom is -0.369 e. The van der Waals surface area contributed by atoms with Gasteiger partial charge in [-0.1, -0.05) is 18.2 Å². The summed E-state index contributed by atoms with van der Waals surface area (Å²) < 4.78 is 44.4. The maximum Gasteiger partial charge on any atom is 0.418 e. The molecule has 0 radical (unpaired) electrons. The lowest BCUT2D eigenvalue weighted by atomic mass is 10.1. The van der Waals surface area contributed by atoms with Crippen molar-refractivity contribution in [1.82, 2.24) is 4.90 Å². The predicted molar refractivity (Wildman–Crippen MR) is 89.5 cm³/mol. The number of carbonyl (C=O) groups is 2. The van der Waals surface area contributed by atoms with Crippen LogP contribution in [0.5, 0.6) is 0 Å². The Morgan fingerprint density at radius 2 is 2.04 bits per heavy atom. The highest BCUT2D eigenvalue weighted by atomic mass is 32.1. The van der Waals surface area contributed by atoms with Crippen molar-refractivity contribution in [2.75, 3.05) is 18.5 Å². The molecule has 0 aliphatic carbocycles. The van der Waals surface area contributed by atoms with Crippen molar-refractivity contribution in [3.8, 4) is 0 Å². The lowest BCUT2D eigenvalue weighted by molar-refractivity contribution is -0.154. The fraction of sp³-hybridized carbons (Fsp3) is 0.294. The number of nitrogens with zero attached hydrogens (tertiary/aromatic N) is 1. The number of alkyl halides is 3. The Bertz CT molecular complexity index is 793. The number of nitrogens with one attached hydrogen (secondary N) is 1. The smallest absolute Gasteiger partial charge is 0.369 e. The molecule has 1 saturated heterocycles. The quantitative estimate of drug-likeness (QED) is 0.881. The Morgan fingerprint density at radius 3 is 2.73 bits per heavy atom. The lowest BCUT2D eigenvalue weighted by Gasteiger charge is -2.34. The number of anilines is 1. The van der Waals surface area contributed by atoms with Crippen LogP contribution in [0, 0.1) is 0 Å². The third-order valence-corrected chi connectivity index (χ3v) is 4.76. The first-order valence-electron chi connectivity index (χ1n) is 7.73. The second-order valence-electron chi connectivity index (χ2n) is 5.66. The summed E-state index contributed by atoms with van der Waals surface area (Å²) in [6, 6.07) is 7.35. The standard InChI is InChI=1S/C17H15F3N2O3S/c18-17(19,20)12-5-1-2-6-13(12)21-16(24)14-9-25-10-15(23)22(14)8-11-4-3-7-26-11/h1-7,14H,8-10H2,(H,21,24)/t14-/m1/s1. The van der Waals surface area contributed by atoms with Gasteiger partial charge in [0.05, 0.1) is 24.4 Å². The summed E-state index contributed by atoms with van der Waals surface area (Å²) in [5, 5.41) is 4.13. The normalized spacial score (nSPS) is 18.0. The summed E-state index contributed by atoms with van der Waals surface area (Å²) in [5.74, 6) is -1.10. The van der Waals surface area contributed by atoms with Crippen LogP contribution in [0.3, 0.4) is 0 Å². The summed E-state index contributed by atoms with van der Waals surface area (Å²) in [6.07, 6.45) is -4.60. The van der Waals surface area contributed by atoms with Crippen molar-refractivity contribution in [3.05, 3.63) is 52.2 Å². The van der Waals surface area contributed by atoms with E-state index in [1.807, 2.05) is 17.5 Å². The van der Waals surface area contributed by atoms with Crippen molar-refractivity contribution in [2.45, 2.75) is 18.8 Å². The zero-order chi connectivity index (χ0) is 18.7. The molecule has 1 aromatic carbocycles. The van der Waals surface area contributed by atoms with Gasteiger partial charge in [-0.3, -0.25) is 9.59 Å². The minimum absolute atomic E-state index is 0.0723. The Morgan fingerprint density at radius 1 is 1.27 bits per heavy atom. The van der Waals surface area contributed by atoms with Crippen molar-refractivity contribution in [3.63, 3.8) is 0 Å². The number of halogens is 3. The number of para-hydroxylation sites is 1. The van der Waals surface area contributed by atoms with Crippen LogP contribution in [-0.4, -0.2) is 36.0 Å². The first kappa shape index (κ1) is 18.4. The van der Waals surface area contributed by atoms with E-state index in [9.17, 15) is 22.8 Å². The van der Waals surface area contributed by atoms with E-state index in [-0.39, 0.29) is 31.4 Å². The van der Waals surface area contributed by atoms with Crippen LogP contribution in [0.4, 0.5) is 18.9 Å². The molecule has 138 valence electrons. The molecule has 9 heteroatoms. The van der Waals surface area contributed by atoms with Crippen molar-refractivity contribution < 1.29 is 27.5 Å². The first-order valence-corrected chi connectivity index (χ1v) is 8.61. The fourth-order valence-corrected chi connectivity index (χ4v) is 3.35. The van der Waals surface area contributed by atoms with E-state index < -0.39 is 23.7 Å². The van der Waals surface area contributed by atoms with Gasteiger partial charge in [-0.25, -0.2) is 0 Å². The van der Waals surface area contributed by atoms with Crippen molar-refractivity contribution in [1.29, 1.82) is 0 Å². The molecule has 2 heterocycles. The summed E-state index contributed by atoms with van der Waals surface area (Å²) in [4.78, 5) is 26.9. The summed E-state index contributed by atoms with van der Waals surface area (Å²) in [6.45, 7) is -0.0235. The van der Waals surface area contributed by atoms with E-state index >= 15 is 0 Å². The lowest BCUT2D eigenvalue weighted by Crippen LogP contribution is -2.54. The van der Waals surface area contributed by atoms with Crippen LogP contribution < -0.4 is 5.32 Å². The fourth-order valence-electron chi connectivity index (χ4n) is 2.65. The van der Waals surface area contributed by atoms with Gasteiger partial charge in [0.15, 0.2) is 0 Å². The van der Waals surface area contributed by atoms with Crippen molar-refractivity contribution in [2.24, 2.45) is 0 Å². The highest BCUT2D eigenvalue weighted by Gasteiger charge is 2.37. The molecule has 2 amide bonds. The molecule has 5 nitrogen and oxygen atoms in total. The van der Waals surface area contributed by atoms with Gasteiger partial charge in [-0.15, -0.1) is 11.3 Å². The highest BCUT2D eigenvalue weighted by molar-refractivity contribution is 7.09. The second kappa shape index (κ2) is 7.46. The molecule has 0 bridgehead atoms. The molecule has 1 N–H and O–H groups in total. The summed E-state index contributed by atoms with van der Waals surface area (Å²) >= 11 is 1.43. The SMILES string of the molecule is O=C(Nc1ccccc1C(F)(F)F)[C@H]1COCC(=O)N1Cc1cccs1. The van der Waals surface area contributed by atoms with Gasteiger partial charge in [0.25, 0.3) is 0 Å². The number of hydrogen-bond acceptors (Lipinski definition) is 4. The molecule has 0 saturated carbocycles. The number of thiophene rings is 1. The highest BCUT2D eigenvalue weighted by Crippen LogP contribution is 2.34. The molecule has 1 aromatic heterocycles. The van der Waals surface area contributed by atoms with Crippen LogP contribution in [0.25, 0.3) is 0 Å². The third-order valence-electron chi connectivity index (χ3n) is 3.90. The largest absolute Gasteiger partial charge is 0.418 e. The van der Waals surface area contributed by atoms with Crippen LogP contribution >= 0.6 is 11.3 Å². The zero-order valence-electron chi connectivity index (χ0n) is 13.5. The Labute approximate surface area is 151 Å². The molecule has 3 rings (SSSR count). The number of morpholine rings is 1. The van der Waals surface area contributed by atoms with E-state index in [4.69, 9.17) is 4.74 Å². The van der Waals surface area contributed by atoms with Crippen LogP contribution in [-0.2, 0) is 27.0 Å². The molecule has 0 spiro atoms. The molecule has 1 fully saturated rings. The first-order chi connectivity index (χ1) is 12.4. The van der Waals surface area contributed by atoms with Gasteiger partial charge >= 0.3 is 6.18 Å². The zero-order valence-corrected chi connectivity index (χ0v) is 14.3. The van der Waals surface area contributed by atoms with Gasteiger partial charge < -0.3 is 15.0 Å². The van der Waals surface area contributed by atoms with Gasteiger partial charge in [0.1, 0.15) is 12.6 Å². The molecule has 26 heavy (non-hydrogen) atoms. The van der Waals surface area contributed by atoms with Gasteiger partial charge in [-0.05, 0) is 23.6 Å². The number of amides is 2. The monoisotopic (exact) mass is 384 g/mol. The number of rotatable bonds is 4. The molecule has 2 aromatic rings. The van der Waals surface area contributed by atoms with Gasteiger partial charge in [0, 0.05) is 4.88 Å². The second-order valence-corrected chi connectivity index (χ2v) is 6.70. The molecule has 1 aliphatic rings. The molecular formula is C17H15F3N2O3S. The molecule has 1 atom stereocenters. The maximum absolute atomic E-state index is 13.1. The summed E-state index contributed by atoms with van der Waals surface area (Å²) in [7, 11) is 0. The van der Waals surface area contributed by atoms with Gasteiger partial charge in [0.2, 0.25) is 11.8 Å². The van der Waals surface area contributed by atoms with Crippen molar-refractivity contribution >= 4 is 28.8 Å². The Kier molecular flexibility index (Phi) is 5.28. The number of carbonyl (C=O) groups excluding carboxylic acids is 2. The topological polar surface area (TPSA) is 58.6 Å². The van der Waals surface area contributed by atoms with Crippen LogP contribution in [0.1, 0.15) is 10.4 Å². The molecular weight excluding hydrogens is 369 g/mol. The molecule has 1 aliphatic heterocycles. The van der Waals surface area contributed by atoms with Gasteiger partial charge in [-0.2, -0.15) is 13.2 Å². The van der Waals surface area contributed by atoms with Crippen LogP contribution in [0.15, 0.2) is 41.8 Å².